The van der Waals surface area contributed by atoms with Crippen LogP contribution in [-0.4, -0.2) is 18.8 Å². The zero-order chi connectivity index (χ0) is 14.1. The van der Waals surface area contributed by atoms with Gasteiger partial charge in [0.2, 0.25) is 0 Å². The Kier molecular flexibility index (Phi) is 3.62. The Labute approximate surface area is 109 Å². The van der Waals surface area contributed by atoms with Crippen LogP contribution in [0.5, 0.6) is 0 Å². The molecule has 0 saturated carbocycles. The molecule has 3 N–H and O–H groups in total. The van der Waals surface area contributed by atoms with Crippen LogP contribution >= 0.6 is 0 Å². The van der Waals surface area contributed by atoms with Crippen LogP contribution in [0.25, 0.3) is 0 Å². The van der Waals surface area contributed by atoms with Crippen molar-refractivity contribution in [2.24, 2.45) is 0 Å². The summed E-state index contributed by atoms with van der Waals surface area (Å²) in [7, 11) is 0. The van der Waals surface area contributed by atoms with Gasteiger partial charge in [0, 0.05) is 18.8 Å². The number of anilines is 2. The van der Waals surface area contributed by atoms with Gasteiger partial charge in [-0.25, -0.2) is 0 Å². The summed E-state index contributed by atoms with van der Waals surface area (Å²) in [6, 6.07) is 3.39. The largest absolute Gasteiger partial charge is 0.416 e. The molecule has 0 aromatic heterocycles. The van der Waals surface area contributed by atoms with E-state index in [1.165, 1.54) is 6.07 Å². The predicted octanol–water partition coefficient (Wildman–Crippen LogP) is 3.27. The molecule has 0 unspecified atom stereocenters. The van der Waals surface area contributed by atoms with E-state index in [2.05, 4.69) is 5.32 Å². The third kappa shape index (κ3) is 3.32. The van der Waals surface area contributed by atoms with E-state index in [-0.39, 0.29) is 11.2 Å². The van der Waals surface area contributed by atoms with Crippen LogP contribution in [0.2, 0.25) is 0 Å². The van der Waals surface area contributed by atoms with Gasteiger partial charge in [-0.05, 0) is 38.0 Å². The lowest BCUT2D eigenvalue weighted by Crippen LogP contribution is -2.40. The van der Waals surface area contributed by atoms with Crippen LogP contribution in [0.15, 0.2) is 18.2 Å². The third-order valence-electron chi connectivity index (χ3n) is 3.41. The van der Waals surface area contributed by atoms with Crippen LogP contribution in [-0.2, 0) is 10.9 Å². The van der Waals surface area contributed by atoms with E-state index in [9.17, 15) is 13.2 Å². The van der Waals surface area contributed by atoms with Crippen molar-refractivity contribution in [3.8, 4) is 0 Å². The monoisotopic (exact) mass is 274 g/mol. The number of hydrogen-bond acceptors (Lipinski definition) is 3. The Balaban J connectivity index is 2.17. The fourth-order valence-corrected chi connectivity index (χ4v) is 2.12. The van der Waals surface area contributed by atoms with Gasteiger partial charge in [-0.3, -0.25) is 0 Å². The number of nitrogens with two attached hydrogens (primary N) is 1. The lowest BCUT2D eigenvalue weighted by Gasteiger charge is -2.35. The molecular weight excluding hydrogens is 257 g/mol. The SMILES string of the molecule is CC1(Nc2ccc(C(F)(F)F)cc2N)CCOCC1. The zero-order valence-corrected chi connectivity index (χ0v) is 10.7. The highest BCUT2D eigenvalue weighted by atomic mass is 19.4. The molecule has 1 fully saturated rings. The Morgan fingerprint density at radius 2 is 1.89 bits per heavy atom. The maximum atomic E-state index is 12.5. The van der Waals surface area contributed by atoms with Crippen molar-refractivity contribution in [1.82, 2.24) is 0 Å². The second kappa shape index (κ2) is 4.92. The first-order valence-corrected chi connectivity index (χ1v) is 6.13. The number of nitrogens with one attached hydrogen (secondary N) is 1. The van der Waals surface area contributed by atoms with Crippen molar-refractivity contribution in [3.63, 3.8) is 0 Å². The lowest BCUT2D eigenvalue weighted by atomic mass is 9.92. The van der Waals surface area contributed by atoms with Crippen molar-refractivity contribution in [1.29, 1.82) is 0 Å². The van der Waals surface area contributed by atoms with Gasteiger partial charge < -0.3 is 15.8 Å². The fraction of sp³-hybridized carbons (Fsp3) is 0.538. The molecular formula is C13H17F3N2O. The summed E-state index contributed by atoms with van der Waals surface area (Å²) < 4.78 is 42.9. The van der Waals surface area contributed by atoms with E-state index >= 15 is 0 Å². The molecule has 1 heterocycles. The molecule has 0 atom stereocenters. The van der Waals surface area contributed by atoms with Crippen LogP contribution in [0.1, 0.15) is 25.3 Å². The maximum Gasteiger partial charge on any atom is 0.416 e. The highest BCUT2D eigenvalue weighted by Gasteiger charge is 2.32. The lowest BCUT2D eigenvalue weighted by molar-refractivity contribution is -0.137. The minimum atomic E-state index is -4.37. The molecule has 3 nitrogen and oxygen atoms in total. The quantitative estimate of drug-likeness (QED) is 0.814. The molecule has 0 aliphatic carbocycles. The van der Waals surface area contributed by atoms with Gasteiger partial charge in [0.15, 0.2) is 0 Å². The summed E-state index contributed by atoms with van der Waals surface area (Å²) in [6.45, 7) is 3.31. The maximum absolute atomic E-state index is 12.5. The molecule has 0 amide bonds. The molecule has 1 aliphatic heterocycles. The predicted molar refractivity (Wildman–Crippen MR) is 67.9 cm³/mol. The molecule has 0 radical (unpaired) electrons. The molecule has 1 saturated heterocycles. The average Bonchev–Trinajstić information content (AvgIpc) is 2.31. The van der Waals surface area contributed by atoms with E-state index in [1.54, 1.807) is 0 Å². The van der Waals surface area contributed by atoms with Crippen molar-refractivity contribution < 1.29 is 17.9 Å². The Hall–Kier alpha value is -1.43. The summed E-state index contributed by atoms with van der Waals surface area (Å²) >= 11 is 0. The van der Waals surface area contributed by atoms with Crippen molar-refractivity contribution >= 4 is 11.4 Å². The van der Waals surface area contributed by atoms with E-state index in [4.69, 9.17) is 10.5 Å². The van der Waals surface area contributed by atoms with Gasteiger partial charge in [-0.1, -0.05) is 0 Å². The normalized spacial score (nSPS) is 19.2. The smallest absolute Gasteiger partial charge is 0.397 e. The number of rotatable bonds is 2. The van der Waals surface area contributed by atoms with Crippen molar-refractivity contribution in [2.45, 2.75) is 31.5 Å². The Bertz CT molecular complexity index is 454. The van der Waals surface area contributed by atoms with Gasteiger partial charge in [0.05, 0.1) is 16.9 Å². The van der Waals surface area contributed by atoms with Gasteiger partial charge in [0.1, 0.15) is 0 Å². The third-order valence-corrected chi connectivity index (χ3v) is 3.41. The minimum absolute atomic E-state index is 0.113. The van der Waals surface area contributed by atoms with Crippen LogP contribution in [0, 0.1) is 0 Å². The van der Waals surface area contributed by atoms with Gasteiger partial charge in [-0.2, -0.15) is 13.2 Å². The Morgan fingerprint density at radius 3 is 2.42 bits per heavy atom. The zero-order valence-electron chi connectivity index (χ0n) is 10.7. The molecule has 0 bridgehead atoms. The van der Waals surface area contributed by atoms with Crippen molar-refractivity contribution in [3.05, 3.63) is 23.8 Å². The summed E-state index contributed by atoms with van der Waals surface area (Å²) in [4.78, 5) is 0. The molecule has 106 valence electrons. The molecule has 1 aromatic rings. The minimum Gasteiger partial charge on any atom is -0.397 e. The summed E-state index contributed by atoms with van der Waals surface area (Å²) in [5.74, 6) is 0. The standard InChI is InChI=1S/C13H17F3N2O/c1-12(4-6-19-7-5-12)18-11-3-2-9(8-10(11)17)13(14,15)16/h2-3,8,18H,4-7,17H2,1H3. The first kappa shape index (κ1) is 14.0. The molecule has 19 heavy (non-hydrogen) atoms. The number of alkyl halides is 3. The van der Waals surface area contributed by atoms with E-state index < -0.39 is 11.7 Å². The number of halogens is 3. The Morgan fingerprint density at radius 1 is 1.26 bits per heavy atom. The summed E-state index contributed by atoms with van der Waals surface area (Å²) in [5, 5.41) is 3.23. The highest BCUT2D eigenvalue weighted by molar-refractivity contribution is 5.68. The van der Waals surface area contributed by atoms with E-state index in [0.717, 1.165) is 25.0 Å². The second-order valence-electron chi connectivity index (χ2n) is 5.10. The first-order valence-electron chi connectivity index (χ1n) is 6.13. The van der Waals surface area contributed by atoms with Crippen LogP contribution < -0.4 is 11.1 Å². The molecule has 1 aromatic carbocycles. The van der Waals surface area contributed by atoms with E-state index in [1.807, 2.05) is 6.92 Å². The second-order valence-corrected chi connectivity index (χ2v) is 5.10. The molecule has 2 rings (SSSR count). The van der Waals surface area contributed by atoms with Crippen LogP contribution in [0.4, 0.5) is 24.5 Å². The molecule has 6 heteroatoms. The average molecular weight is 274 g/mol. The number of nitrogen functional groups attached to an aromatic ring is 1. The summed E-state index contributed by atoms with van der Waals surface area (Å²) in [5.41, 5.74) is 5.44. The highest BCUT2D eigenvalue weighted by Crippen LogP contribution is 2.34. The number of benzene rings is 1. The summed E-state index contributed by atoms with van der Waals surface area (Å²) in [6.07, 6.45) is -2.77. The first-order chi connectivity index (χ1) is 8.80. The topological polar surface area (TPSA) is 47.3 Å². The van der Waals surface area contributed by atoms with Crippen LogP contribution in [0.3, 0.4) is 0 Å². The number of hydrogen-bond donors (Lipinski definition) is 2. The van der Waals surface area contributed by atoms with Crippen molar-refractivity contribution in [2.75, 3.05) is 24.3 Å². The molecule has 1 aliphatic rings. The van der Waals surface area contributed by atoms with Gasteiger partial charge in [0.25, 0.3) is 0 Å². The van der Waals surface area contributed by atoms with Gasteiger partial charge in [-0.15, -0.1) is 0 Å². The molecule has 0 spiro atoms. The van der Waals surface area contributed by atoms with E-state index in [0.29, 0.717) is 18.9 Å². The van der Waals surface area contributed by atoms with Gasteiger partial charge >= 0.3 is 6.18 Å². The fourth-order valence-electron chi connectivity index (χ4n) is 2.12. The number of ether oxygens (including phenoxy) is 1.